The second-order valence-electron chi connectivity index (χ2n) is 11.4. The van der Waals surface area contributed by atoms with Crippen LogP contribution in [0.2, 0.25) is 0 Å². The van der Waals surface area contributed by atoms with Gasteiger partial charge < -0.3 is 14.2 Å². The molecule has 7 rings (SSSR count). The molecule has 0 N–H and O–H groups in total. The van der Waals surface area contributed by atoms with Crippen LogP contribution >= 0.6 is 0 Å². The van der Waals surface area contributed by atoms with Crippen molar-refractivity contribution in [3.63, 3.8) is 0 Å². The van der Waals surface area contributed by atoms with Crippen LogP contribution in [0, 0.1) is 0 Å². The van der Waals surface area contributed by atoms with Crippen molar-refractivity contribution in [2.24, 2.45) is 0 Å². The molecule has 3 heteroatoms. The molecule has 0 saturated carbocycles. The normalized spacial score (nSPS) is 16.8. The van der Waals surface area contributed by atoms with E-state index in [1.54, 1.807) is 0 Å². The second-order valence-corrected chi connectivity index (χ2v) is 11.4. The van der Waals surface area contributed by atoms with Crippen molar-refractivity contribution in [3.05, 3.63) is 215 Å². The summed E-state index contributed by atoms with van der Waals surface area (Å²) in [7, 11) is 0. The van der Waals surface area contributed by atoms with E-state index in [9.17, 15) is 0 Å². The molecule has 1 aliphatic heterocycles. The topological polar surface area (TPSA) is 27.7 Å². The quantitative estimate of drug-likeness (QED) is 0.150. The molecule has 6 aromatic rings. The minimum Gasteiger partial charge on any atom is -0.376 e. The van der Waals surface area contributed by atoms with Gasteiger partial charge in [-0.2, -0.15) is 0 Å². The zero-order valence-corrected chi connectivity index (χ0v) is 25.1. The van der Waals surface area contributed by atoms with Gasteiger partial charge in [0.2, 0.25) is 0 Å². The highest BCUT2D eigenvalue weighted by atomic mass is 16.6. The lowest BCUT2D eigenvalue weighted by molar-refractivity contribution is -0.133. The number of rotatable bonds is 10. The zero-order chi connectivity index (χ0) is 30.4. The van der Waals surface area contributed by atoms with E-state index in [1.807, 2.05) is 36.4 Å². The third-order valence-corrected chi connectivity index (χ3v) is 8.72. The van der Waals surface area contributed by atoms with Crippen LogP contribution in [0.3, 0.4) is 0 Å². The van der Waals surface area contributed by atoms with Crippen molar-refractivity contribution in [1.82, 2.24) is 0 Å². The molecule has 3 nitrogen and oxygen atoms in total. The first-order valence-corrected chi connectivity index (χ1v) is 15.6. The Morgan fingerprint density at radius 3 is 0.733 bits per heavy atom. The first-order chi connectivity index (χ1) is 22.3. The highest BCUT2D eigenvalue weighted by Gasteiger charge is 2.47. The highest BCUT2D eigenvalue weighted by molar-refractivity contribution is 5.49. The second kappa shape index (κ2) is 13.1. The first-order valence-electron chi connectivity index (χ1n) is 15.6. The number of hydrogen-bond acceptors (Lipinski definition) is 3. The van der Waals surface area contributed by atoms with Gasteiger partial charge in [-0.05, 0) is 33.4 Å². The van der Waals surface area contributed by atoms with E-state index in [-0.39, 0.29) is 12.2 Å². The van der Waals surface area contributed by atoms with Gasteiger partial charge in [-0.15, -0.1) is 0 Å². The number of benzene rings is 6. The molecular weight excluding hydrogens is 552 g/mol. The average Bonchev–Trinajstić information content (AvgIpc) is 3.57. The summed E-state index contributed by atoms with van der Waals surface area (Å²) in [6.07, 6.45) is -0.748. The summed E-state index contributed by atoms with van der Waals surface area (Å²) in [5, 5.41) is 0. The van der Waals surface area contributed by atoms with Crippen LogP contribution in [0.25, 0.3) is 0 Å². The van der Waals surface area contributed by atoms with Gasteiger partial charge in [-0.1, -0.05) is 182 Å². The van der Waals surface area contributed by atoms with Crippen LogP contribution in [-0.2, 0) is 25.4 Å². The monoisotopic (exact) mass is 588 g/mol. The Balaban J connectivity index is 1.38. The van der Waals surface area contributed by atoms with Gasteiger partial charge in [0.15, 0.2) is 0 Å². The maximum absolute atomic E-state index is 7.47. The van der Waals surface area contributed by atoms with Gasteiger partial charge in [0.1, 0.15) is 23.4 Å². The molecule has 0 amide bonds. The lowest BCUT2D eigenvalue weighted by atomic mass is 9.79. The fraction of sp³-hybridized carbons (Fsp3) is 0.143. The highest BCUT2D eigenvalue weighted by Crippen LogP contribution is 2.46. The summed E-state index contributed by atoms with van der Waals surface area (Å²) in [5.74, 6) is 0. The summed E-state index contributed by atoms with van der Waals surface area (Å²) < 4.78 is 21.2. The largest absolute Gasteiger partial charge is 0.376 e. The maximum atomic E-state index is 7.47. The van der Waals surface area contributed by atoms with E-state index in [4.69, 9.17) is 14.2 Å². The van der Waals surface area contributed by atoms with Crippen molar-refractivity contribution in [3.8, 4) is 0 Å². The van der Waals surface area contributed by atoms with Crippen LogP contribution in [0.4, 0.5) is 0 Å². The molecule has 0 spiro atoms. The van der Waals surface area contributed by atoms with Gasteiger partial charge >= 0.3 is 0 Å². The number of hydrogen-bond donors (Lipinski definition) is 0. The minimum atomic E-state index is -0.890. The summed E-state index contributed by atoms with van der Waals surface area (Å²) in [6, 6.07) is 62.9. The average molecular weight is 589 g/mol. The van der Waals surface area contributed by atoms with Gasteiger partial charge in [-0.25, -0.2) is 0 Å². The van der Waals surface area contributed by atoms with Gasteiger partial charge in [0, 0.05) is 0 Å². The molecule has 0 unspecified atom stereocenters. The van der Waals surface area contributed by atoms with E-state index in [0.717, 1.165) is 33.4 Å². The lowest BCUT2D eigenvalue weighted by Gasteiger charge is -2.42. The van der Waals surface area contributed by atoms with E-state index < -0.39 is 11.2 Å². The molecule has 0 aliphatic carbocycles. The Morgan fingerprint density at radius 2 is 0.533 bits per heavy atom. The Bertz CT molecular complexity index is 1430. The van der Waals surface area contributed by atoms with Crippen LogP contribution in [0.5, 0.6) is 0 Å². The van der Waals surface area contributed by atoms with Crippen molar-refractivity contribution < 1.29 is 14.2 Å². The lowest BCUT2D eigenvalue weighted by Crippen LogP contribution is -2.46. The van der Waals surface area contributed by atoms with Crippen molar-refractivity contribution in [1.29, 1.82) is 0 Å². The van der Waals surface area contributed by atoms with Crippen molar-refractivity contribution in [2.45, 2.75) is 23.4 Å². The van der Waals surface area contributed by atoms with E-state index in [2.05, 4.69) is 146 Å². The summed E-state index contributed by atoms with van der Waals surface area (Å²) in [4.78, 5) is 0. The smallest absolute Gasteiger partial charge is 0.144 e. The Kier molecular flexibility index (Phi) is 8.39. The van der Waals surface area contributed by atoms with Crippen LogP contribution in [0.1, 0.15) is 33.4 Å². The Labute approximate surface area is 265 Å². The van der Waals surface area contributed by atoms with Gasteiger partial charge in [0.25, 0.3) is 0 Å². The SMILES string of the molecule is c1ccc(C(O[C@@H]2COC[C@H]2OC(c2ccccc2)(c2ccccc2)c2ccccc2)(c2ccccc2)c2ccccc2)cc1. The molecule has 6 aromatic carbocycles. The fourth-order valence-corrected chi connectivity index (χ4v) is 6.63. The molecule has 1 heterocycles. The Hall–Kier alpha value is -4.80. The first kappa shape index (κ1) is 28.9. The molecule has 1 fully saturated rings. The van der Waals surface area contributed by atoms with Gasteiger partial charge in [0.05, 0.1) is 13.2 Å². The zero-order valence-electron chi connectivity index (χ0n) is 25.1. The van der Waals surface area contributed by atoms with Gasteiger partial charge in [-0.3, -0.25) is 0 Å². The Morgan fingerprint density at radius 1 is 0.333 bits per heavy atom. The molecule has 2 atom stereocenters. The van der Waals surface area contributed by atoms with E-state index in [0.29, 0.717) is 13.2 Å². The summed E-state index contributed by atoms with van der Waals surface area (Å²) in [6.45, 7) is 0.820. The van der Waals surface area contributed by atoms with Crippen LogP contribution in [0.15, 0.2) is 182 Å². The maximum Gasteiger partial charge on any atom is 0.144 e. The van der Waals surface area contributed by atoms with Crippen molar-refractivity contribution in [2.75, 3.05) is 13.2 Å². The molecule has 1 aliphatic rings. The summed E-state index contributed by atoms with van der Waals surface area (Å²) >= 11 is 0. The van der Waals surface area contributed by atoms with E-state index >= 15 is 0 Å². The molecule has 0 radical (unpaired) electrons. The molecule has 45 heavy (non-hydrogen) atoms. The molecule has 0 bridgehead atoms. The predicted molar refractivity (Wildman–Crippen MR) is 179 cm³/mol. The fourth-order valence-electron chi connectivity index (χ4n) is 6.63. The van der Waals surface area contributed by atoms with E-state index in [1.165, 1.54) is 0 Å². The molecule has 0 aromatic heterocycles. The predicted octanol–water partition coefficient (Wildman–Crippen LogP) is 8.77. The van der Waals surface area contributed by atoms with Crippen molar-refractivity contribution >= 4 is 0 Å². The third-order valence-electron chi connectivity index (χ3n) is 8.72. The summed E-state index contributed by atoms with van der Waals surface area (Å²) in [5.41, 5.74) is 4.52. The number of ether oxygens (including phenoxy) is 3. The minimum absolute atomic E-state index is 0.374. The third kappa shape index (κ3) is 5.51. The molecule has 1 saturated heterocycles. The standard InChI is InChI=1S/C42H36O3/c1-7-19-33(20-8-1)41(34-21-9-2-10-22-34,35-23-11-3-12-24-35)44-39-31-43-32-40(39)45-42(36-25-13-4-14-26-36,37-27-15-5-16-28-37)38-29-17-6-18-30-38/h1-30,39-40H,31-32H2/t39-,40-/m1/s1. The molecule has 222 valence electrons. The van der Waals surface area contributed by atoms with Crippen LogP contribution < -0.4 is 0 Å². The van der Waals surface area contributed by atoms with Crippen LogP contribution in [-0.4, -0.2) is 25.4 Å². The molecular formula is C42H36O3.